The van der Waals surface area contributed by atoms with Gasteiger partial charge in [0.05, 0.1) is 6.20 Å². The smallest absolute Gasteiger partial charge is 0.239 e. The molecule has 3 N–H and O–H groups in total. The number of hydrazine groups is 1. The standard InChI is InChI=1S/C12H19ClN6/c13-10-7-15-12(17-14)16-11(10)19-5-3-18(4-6-19)8-9-1-2-9/h7,9H,1-6,8,14H2,(H,15,16,17). The van der Waals surface area contributed by atoms with E-state index in [4.69, 9.17) is 17.4 Å². The molecule has 2 heterocycles. The predicted molar refractivity (Wildman–Crippen MR) is 76.2 cm³/mol. The molecule has 19 heavy (non-hydrogen) atoms. The van der Waals surface area contributed by atoms with E-state index in [0.29, 0.717) is 11.0 Å². The molecule has 2 fully saturated rings. The summed E-state index contributed by atoms with van der Waals surface area (Å²) in [6, 6.07) is 0. The van der Waals surface area contributed by atoms with Crippen LogP contribution in [-0.2, 0) is 0 Å². The van der Waals surface area contributed by atoms with Gasteiger partial charge in [-0.25, -0.2) is 10.8 Å². The minimum atomic E-state index is 0.403. The van der Waals surface area contributed by atoms with Gasteiger partial charge < -0.3 is 4.90 Å². The molecule has 0 spiro atoms. The maximum absolute atomic E-state index is 6.17. The molecule has 104 valence electrons. The van der Waals surface area contributed by atoms with Crippen molar-refractivity contribution in [1.82, 2.24) is 14.9 Å². The second kappa shape index (κ2) is 5.48. The zero-order valence-electron chi connectivity index (χ0n) is 10.8. The van der Waals surface area contributed by atoms with Crippen LogP contribution in [-0.4, -0.2) is 47.6 Å². The van der Waals surface area contributed by atoms with Crippen molar-refractivity contribution < 1.29 is 0 Å². The fourth-order valence-electron chi connectivity index (χ4n) is 2.46. The van der Waals surface area contributed by atoms with Crippen molar-refractivity contribution in [3.63, 3.8) is 0 Å². The number of nitrogens with two attached hydrogens (primary N) is 1. The highest BCUT2D eigenvalue weighted by molar-refractivity contribution is 6.32. The molecule has 0 unspecified atom stereocenters. The van der Waals surface area contributed by atoms with Gasteiger partial charge in [0.2, 0.25) is 5.95 Å². The van der Waals surface area contributed by atoms with Crippen LogP contribution in [0, 0.1) is 5.92 Å². The van der Waals surface area contributed by atoms with Crippen LogP contribution in [0.5, 0.6) is 0 Å². The van der Waals surface area contributed by atoms with Crippen molar-refractivity contribution in [2.24, 2.45) is 11.8 Å². The number of nitrogens with zero attached hydrogens (tertiary/aromatic N) is 4. The van der Waals surface area contributed by atoms with Crippen molar-refractivity contribution in [3.8, 4) is 0 Å². The van der Waals surface area contributed by atoms with Crippen LogP contribution < -0.4 is 16.2 Å². The van der Waals surface area contributed by atoms with Gasteiger partial charge in [0.25, 0.3) is 0 Å². The maximum Gasteiger partial charge on any atom is 0.239 e. The van der Waals surface area contributed by atoms with Gasteiger partial charge in [0, 0.05) is 32.7 Å². The number of hydrogen-bond acceptors (Lipinski definition) is 6. The van der Waals surface area contributed by atoms with Gasteiger partial charge in [-0.05, 0) is 18.8 Å². The molecular weight excluding hydrogens is 264 g/mol. The summed E-state index contributed by atoms with van der Waals surface area (Å²) < 4.78 is 0. The third-order valence-corrected chi connectivity index (χ3v) is 4.01. The number of anilines is 2. The predicted octanol–water partition coefficient (Wildman–Crippen LogP) is 0.948. The van der Waals surface area contributed by atoms with Crippen molar-refractivity contribution in [1.29, 1.82) is 0 Å². The fraction of sp³-hybridized carbons (Fsp3) is 0.667. The topological polar surface area (TPSA) is 70.3 Å². The number of nitrogens with one attached hydrogen (secondary N) is 1. The SMILES string of the molecule is NNc1ncc(Cl)c(N2CCN(CC3CC3)CC2)n1. The highest BCUT2D eigenvalue weighted by Gasteiger charge is 2.27. The second-order valence-electron chi connectivity index (χ2n) is 5.24. The molecule has 0 amide bonds. The zero-order chi connectivity index (χ0) is 13.2. The average Bonchev–Trinajstić information content (AvgIpc) is 3.24. The molecule has 3 rings (SSSR count). The number of halogens is 1. The van der Waals surface area contributed by atoms with Crippen molar-refractivity contribution in [3.05, 3.63) is 11.2 Å². The third-order valence-electron chi connectivity index (χ3n) is 3.74. The van der Waals surface area contributed by atoms with Gasteiger partial charge in [-0.2, -0.15) is 4.98 Å². The van der Waals surface area contributed by atoms with E-state index in [-0.39, 0.29) is 0 Å². The van der Waals surface area contributed by atoms with E-state index in [1.165, 1.54) is 19.4 Å². The van der Waals surface area contributed by atoms with E-state index in [2.05, 4.69) is 25.2 Å². The lowest BCUT2D eigenvalue weighted by Gasteiger charge is -2.35. The summed E-state index contributed by atoms with van der Waals surface area (Å²) in [4.78, 5) is 13.1. The van der Waals surface area contributed by atoms with Gasteiger partial charge in [-0.1, -0.05) is 11.6 Å². The monoisotopic (exact) mass is 282 g/mol. The van der Waals surface area contributed by atoms with Gasteiger partial charge in [-0.3, -0.25) is 10.3 Å². The summed E-state index contributed by atoms with van der Waals surface area (Å²) in [6.07, 6.45) is 4.41. The number of aromatic nitrogens is 2. The normalized spacial score (nSPS) is 20.6. The molecule has 1 saturated carbocycles. The molecule has 1 saturated heterocycles. The Balaban J connectivity index is 1.63. The van der Waals surface area contributed by atoms with E-state index in [1.807, 2.05) is 0 Å². The van der Waals surface area contributed by atoms with Crippen LogP contribution in [0.1, 0.15) is 12.8 Å². The number of nitrogen functional groups attached to an aromatic ring is 1. The van der Waals surface area contributed by atoms with E-state index >= 15 is 0 Å². The summed E-state index contributed by atoms with van der Waals surface area (Å²) >= 11 is 6.17. The number of rotatable bonds is 4. The van der Waals surface area contributed by atoms with E-state index in [0.717, 1.165) is 37.9 Å². The van der Waals surface area contributed by atoms with Crippen LogP contribution in [0.2, 0.25) is 5.02 Å². The van der Waals surface area contributed by atoms with Crippen molar-refractivity contribution >= 4 is 23.4 Å². The molecule has 0 radical (unpaired) electrons. The van der Waals surface area contributed by atoms with Crippen molar-refractivity contribution in [2.75, 3.05) is 43.0 Å². The van der Waals surface area contributed by atoms with Crippen LogP contribution in [0.3, 0.4) is 0 Å². The lowest BCUT2D eigenvalue weighted by Crippen LogP contribution is -2.47. The quantitative estimate of drug-likeness (QED) is 0.633. The molecule has 2 aliphatic rings. The zero-order valence-corrected chi connectivity index (χ0v) is 11.6. The summed E-state index contributed by atoms with van der Waals surface area (Å²) in [6.45, 7) is 5.30. The fourth-order valence-corrected chi connectivity index (χ4v) is 2.67. The van der Waals surface area contributed by atoms with Gasteiger partial charge >= 0.3 is 0 Å². The summed E-state index contributed by atoms with van der Waals surface area (Å²) in [5.41, 5.74) is 2.46. The van der Waals surface area contributed by atoms with Gasteiger partial charge in [-0.15, -0.1) is 0 Å². The summed E-state index contributed by atoms with van der Waals surface area (Å²) in [5, 5.41) is 0.578. The molecule has 7 heteroatoms. The number of hydrogen-bond donors (Lipinski definition) is 2. The molecule has 1 aliphatic heterocycles. The first-order chi connectivity index (χ1) is 9.26. The molecule has 1 aromatic rings. The maximum atomic E-state index is 6.17. The average molecular weight is 283 g/mol. The Hall–Kier alpha value is -1.11. The van der Waals surface area contributed by atoms with Crippen LogP contribution in [0.25, 0.3) is 0 Å². The molecule has 6 nitrogen and oxygen atoms in total. The Bertz CT molecular complexity index is 442. The lowest BCUT2D eigenvalue weighted by molar-refractivity contribution is 0.247. The van der Waals surface area contributed by atoms with Gasteiger partial charge in [0.15, 0.2) is 5.82 Å². The van der Waals surface area contributed by atoms with Crippen molar-refractivity contribution in [2.45, 2.75) is 12.8 Å². The molecule has 1 aromatic heterocycles. The van der Waals surface area contributed by atoms with Crippen LogP contribution in [0.15, 0.2) is 6.20 Å². The highest BCUT2D eigenvalue weighted by Crippen LogP contribution is 2.30. The third kappa shape index (κ3) is 3.08. The molecule has 0 atom stereocenters. The molecule has 1 aliphatic carbocycles. The first-order valence-corrected chi connectivity index (χ1v) is 7.10. The highest BCUT2D eigenvalue weighted by atomic mass is 35.5. The van der Waals surface area contributed by atoms with Gasteiger partial charge in [0.1, 0.15) is 5.02 Å². The molecular formula is C12H19ClN6. The minimum Gasteiger partial charge on any atom is -0.353 e. The van der Waals surface area contributed by atoms with Crippen LogP contribution in [0.4, 0.5) is 11.8 Å². The van der Waals surface area contributed by atoms with Crippen LogP contribution >= 0.6 is 11.6 Å². The summed E-state index contributed by atoms with van der Waals surface area (Å²) in [5.74, 6) is 7.46. The first-order valence-electron chi connectivity index (χ1n) is 6.72. The Labute approximate surface area is 117 Å². The largest absolute Gasteiger partial charge is 0.353 e. The second-order valence-corrected chi connectivity index (χ2v) is 5.65. The summed E-state index contributed by atoms with van der Waals surface area (Å²) in [7, 11) is 0. The first kappa shape index (κ1) is 12.9. The lowest BCUT2D eigenvalue weighted by atomic mass is 10.3. The number of piperazine rings is 1. The van der Waals surface area contributed by atoms with E-state index in [9.17, 15) is 0 Å². The minimum absolute atomic E-state index is 0.403. The Morgan fingerprint density at radius 1 is 1.32 bits per heavy atom. The molecule has 0 aromatic carbocycles. The molecule has 0 bridgehead atoms. The Morgan fingerprint density at radius 2 is 2.05 bits per heavy atom. The van der Waals surface area contributed by atoms with E-state index < -0.39 is 0 Å². The Kier molecular flexibility index (Phi) is 3.72. The Morgan fingerprint density at radius 3 is 2.68 bits per heavy atom. The van der Waals surface area contributed by atoms with E-state index in [1.54, 1.807) is 6.20 Å².